The van der Waals surface area contributed by atoms with Gasteiger partial charge in [0, 0.05) is 29.9 Å². The third-order valence-electron chi connectivity index (χ3n) is 4.19. The van der Waals surface area contributed by atoms with Crippen LogP contribution in [0, 0.1) is 0 Å². The molecule has 0 atom stereocenters. The predicted octanol–water partition coefficient (Wildman–Crippen LogP) is 3.22. The van der Waals surface area contributed by atoms with E-state index in [4.69, 9.17) is 10.5 Å². The van der Waals surface area contributed by atoms with Gasteiger partial charge in [0.15, 0.2) is 5.82 Å². The number of aromatic amines is 1. The van der Waals surface area contributed by atoms with Crippen LogP contribution in [0.4, 0.5) is 11.8 Å². The number of anilines is 2. The Morgan fingerprint density at radius 1 is 1.04 bits per heavy atom. The van der Waals surface area contributed by atoms with Crippen LogP contribution in [0.25, 0.3) is 22.0 Å². The fraction of sp³-hybridized carbons (Fsp3) is 0.105. The summed E-state index contributed by atoms with van der Waals surface area (Å²) in [6.45, 7) is 0.642. The lowest BCUT2D eigenvalue weighted by molar-refractivity contribution is 0.414. The van der Waals surface area contributed by atoms with Crippen LogP contribution in [0.1, 0.15) is 5.56 Å². The molecule has 4 rings (SSSR count). The predicted molar refractivity (Wildman–Crippen MR) is 102 cm³/mol. The summed E-state index contributed by atoms with van der Waals surface area (Å²) in [7, 11) is 1.65. The number of aromatic nitrogens is 4. The smallest absolute Gasteiger partial charge is 0.222 e. The monoisotopic (exact) mass is 346 g/mol. The van der Waals surface area contributed by atoms with Gasteiger partial charge in [0.05, 0.1) is 12.6 Å². The number of nitrogens with two attached hydrogens (primary N) is 1. The molecule has 0 radical (unpaired) electrons. The summed E-state index contributed by atoms with van der Waals surface area (Å²) in [5.74, 6) is 1.92. The van der Waals surface area contributed by atoms with Gasteiger partial charge in [-0.3, -0.25) is 5.10 Å². The molecule has 0 aliphatic heterocycles. The first kappa shape index (κ1) is 15.9. The highest BCUT2D eigenvalue weighted by Gasteiger charge is 2.06. The number of benzene rings is 2. The van der Waals surface area contributed by atoms with Crippen LogP contribution >= 0.6 is 0 Å². The lowest BCUT2D eigenvalue weighted by Crippen LogP contribution is -2.03. The van der Waals surface area contributed by atoms with Gasteiger partial charge in [0.25, 0.3) is 0 Å². The van der Waals surface area contributed by atoms with Gasteiger partial charge in [-0.1, -0.05) is 18.2 Å². The zero-order valence-corrected chi connectivity index (χ0v) is 14.2. The summed E-state index contributed by atoms with van der Waals surface area (Å²) in [5, 5.41) is 11.1. The molecule has 0 aliphatic rings. The minimum atomic E-state index is 0.501. The summed E-state index contributed by atoms with van der Waals surface area (Å²) >= 11 is 0. The maximum atomic E-state index is 5.80. The maximum Gasteiger partial charge on any atom is 0.222 e. The SMILES string of the molecule is COc1ccc(CNc2ncc(-c3ccc4c(N)n[nH]c4c3)cn2)cc1. The van der Waals surface area contributed by atoms with Crippen LogP contribution in [0.15, 0.2) is 54.9 Å². The van der Waals surface area contributed by atoms with Crippen molar-refractivity contribution in [2.75, 3.05) is 18.2 Å². The van der Waals surface area contributed by atoms with Crippen LogP contribution in [0.3, 0.4) is 0 Å². The largest absolute Gasteiger partial charge is 0.497 e. The fourth-order valence-electron chi connectivity index (χ4n) is 2.71. The van der Waals surface area contributed by atoms with Crippen molar-refractivity contribution in [3.63, 3.8) is 0 Å². The molecule has 7 nitrogen and oxygen atoms in total. The number of nitrogen functional groups attached to an aromatic ring is 1. The number of nitrogens with zero attached hydrogens (tertiary/aromatic N) is 3. The van der Waals surface area contributed by atoms with Crippen molar-refractivity contribution in [1.29, 1.82) is 0 Å². The highest BCUT2D eigenvalue weighted by atomic mass is 16.5. The third kappa shape index (κ3) is 3.14. The van der Waals surface area contributed by atoms with Crippen molar-refractivity contribution in [2.24, 2.45) is 0 Å². The molecule has 0 saturated heterocycles. The Balaban J connectivity index is 1.46. The minimum Gasteiger partial charge on any atom is -0.497 e. The van der Waals surface area contributed by atoms with E-state index in [1.165, 1.54) is 0 Å². The number of methoxy groups -OCH3 is 1. The summed E-state index contributed by atoms with van der Waals surface area (Å²) in [5.41, 5.74) is 9.74. The molecule has 2 heterocycles. The van der Waals surface area contributed by atoms with Gasteiger partial charge < -0.3 is 15.8 Å². The van der Waals surface area contributed by atoms with Gasteiger partial charge in [0.1, 0.15) is 5.75 Å². The average Bonchev–Trinajstić information content (AvgIpc) is 3.07. The Hall–Kier alpha value is -3.61. The molecular weight excluding hydrogens is 328 g/mol. The fourth-order valence-corrected chi connectivity index (χ4v) is 2.71. The summed E-state index contributed by atoms with van der Waals surface area (Å²) in [6, 6.07) is 13.8. The average molecular weight is 346 g/mol. The quantitative estimate of drug-likeness (QED) is 0.513. The second kappa shape index (κ2) is 6.72. The molecule has 26 heavy (non-hydrogen) atoms. The Morgan fingerprint density at radius 3 is 2.54 bits per heavy atom. The zero-order chi connectivity index (χ0) is 17.9. The third-order valence-corrected chi connectivity index (χ3v) is 4.19. The molecule has 4 N–H and O–H groups in total. The number of hydrogen-bond donors (Lipinski definition) is 3. The molecule has 2 aromatic carbocycles. The number of nitrogens with one attached hydrogen (secondary N) is 2. The van der Waals surface area contributed by atoms with Crippen molar-refractivity contribution < 1.29 is 4.74 Å². The lowest BCUT2D eigenvalue weighted by atomic mass is 10.1. The normalized spacial score (nSPS) is 10.8. The molecule has 130 valence electrons. The van der Waals surface area contributed by atoms with Gasteiger partial charge in [-0.15, -0.1) is 0 Å². The van der Waals surface area contributed by atoms with E-state index in [0.717, 1.165) is 33.3 Å². The Kier molecular flexibility index (Phi) is 4.10. The maximum absolute atomic E-state index is 5.80. The van der Waals surface area contributed by atoms with E-state index in [2.05, 4.69) is 25.5 Å². The van der Waals surface area contributed by atoms with Gasteiger partial charge in [-0.05, 0) is 35.4 Å². The standard InChI is InChI=1S/C19H18N6O/c1-26-15-5-2-12(3-6-15)9-21-19-22-10-14(11-23-19)13-4-7-16-17(8-13)24-25-18(16)20/h2-8,10-11H,9H2,1H3,(H3,20,24,25)(H,21,22,23). The molecular formula is C19H18N6O. The molecule has 0 aliphatic carbocycles. The molecule has 0 spiro atoms. The highest BCUT2D eigenvalue weighted by Crippen LogP contribution is 2.25. The minimum absolute atomic E-state index is 0.501. The van der Waals surface area contributed by atoms with Crippen LogP contribution < -0.4 is 15.8 Å². The zero-order valence-electron chi connectivity index (χ0n) is 14.2. The number of hydrogen-bond acceptors (Lipinski definition) is 6. The number of ether oxygens (including phenoxy) is 1. The lowest BCUT2D eigenvalue weighted by Gasteiger charge is -2.07. The molecule has 0 saturated carbocycles. The van der Waals surface area contributed by atoms with Crippen molar-refractivity contribution >= 4 is 22.7 Å². The molecule has 0 unspecified atom stereocenters. The highest BCUT2D eigenvalue weighted by molar-refractivity contribution is 5.91. The van der Waals surface area contributed by atoms with Crippen LogP contribution in [0.2, 0.25) is 0 Å². The van der Waals surface area contributed by atoms with E-state index in [1.54, 1.807) is 19.5 Å². The van der Waals surface area contributed by atoms with Crippen molar-refractivity contribution in [1.82, 2.24) is 20.2 Å². The van der Waals surface area contributed by atoms with E-state index in [9.17, 15) is 0 Å². The number of H-pyrrole nitrogens is 1. The Morgan fingerprint density at radius 2 is 1.81 bits per heavy atom. The molecule has 0 fully saturated rings. The van der Waals surface area contributed by atoms with Crippen LogP contribution in [-0.2, 0) is 6.54 Å². The van der Waals surface area contributed by atoms with Gasteiger partial charge >= 0.3 is 0 Å². The van der Waals surface area contributed by atoms with E-state index in [0.29, 0.717) is 18.3 Å². The Labute approximate surface area is 150 Å². The van der Waals surface area contributed by atoms with Crippen molar-refractivity contribution in [2.45, 2.75) is 6.54 Å². The first-order chi connectivity index (χ1) is 12.7. The van der Waals surface area contributed by atoms with Gasteiger partial charge in [0.2, 0.25) is 5.95 Å². The van der Waals surface area contributed by atoms with Crippen molar-refractivity contribution in [3.8, 4) is 16.9 Å². The van der Waals surface area contributed by atoms with Crippen LogP contribution in [-0.4, -0.2) is 27.3 Å². The first-order valence-electron chi connectivity index (χ1n) is 8.16. The van der Waals surface area contributed by atoms with Crippen LogP contribution in [0.5, 0.6) is 5.75 Å². The summed E-state index contributed by atoms with van der Waals surface area (Å²) < 4.78 is 5.16. The second-order valence-corrected chi connectivity index (χ2v) is 5.87. The first-order valence-corrected chi connectivity index (χ1v) is 8.16. The summed E-state index contributed by atoms with van der Waals surface area (Å²) in [6.07, 6.45) is 3.59. The molecule has 0 bridgehead atoms. The molecule has 4 aromatic rings. The molecule has 7 heteroatoms. The second-order valence-electron chi connectivity index (χ2n) is 5.87. The van der Waals surface area contributed by atoms with E-state index in [1.807, 2.05) is 42.5 Å². The topological polar surface area (TPSA) is 102 Å². The van der Waals surface area contributed by atoms with Crippen molar-refractivity contribution in [3.05, 3.63) is 60.4 Å². The molecule has 2 aromatic heterocycles. The van der Waals surface area contributed by atoms with E-state index in [-0.39, 0.29) is 0 Å². The summed E-state index contributed by atoms with van der Waals surface area (Å²) in [4.78, 5) is 8.78. The molecule has 0 amide bonds. The number of fused-ring (bicyclic) bond motifs is 1. The van der Waals surface area contributed by atoms with E-state index >= 15 is 0 Å². The van der Waals surface area contributed by atoms with Gasteiger partial charge in [-0.25, -0.2) is 9.97 Å². The van der Waals surface area contributed by atoms with E-state index < -0.39 is 0 Å². The Bertz CT molecular complexity index is 1020. The number of rotatable bonds is 5. The van der Waals surface area contributed by atoms with Gasteiger partial charge in [-0.2, -0.15) is 5.10 Å².